The molecular formula is C18H29N3O3. The molecule has 1 saturated carbocycles. The van der Waals surface area contributed by atoms with E-state index in [0.717, 1.165) is 25.1 Å². The minimum absolute atomic E-state index is 0.233. The Labute approximate surface area is 143 Å². The van der Waals surface area contributed by atoms with Crippen molar-refractivity contribution in [1.29, 1.82) is 0 Å². The summed E-state index contributed by atoms with van der Waals surface area (Å²) in [5.41, 5.74) is 1.11. The summed E-state index contributed by atoms with van der Waals surface area (Å²) >= 11 is 0. The van der Waals surface area contributed by atoms with Crippen LogP contribution in [0.25, 0.3) is 0 Å². The lowest BCUT2D eigenvalue weighted by atomic mass is 9.94. The highest BCUT2D eigenvalue weighted by molar-refractivity contribution is 5.86. The average Bonchev–Trinajstić information content (AvgIpc) is 2.92. The highest BCUT2D eigenvalue weighted by atomic mass is 16.6. The maximum absolute atomic E-state index is 10.5. The van der Waals surface area contributed by atoms with Crippen molar-refractivity contribution >= 4 is 11.7 Å². The number of hydrogen-bond acceptors (Lipinski definition) is 4. The Morgan fingerprint density at radius 2 is 2.00 bits per heavy atom. The molecule has 1 aliphatic rings. The van der Waals surface area contributed by atoms with Crippen molar-refractivity contribution in [1.82, 2.24) is 9.55 Å². The Balaban J connectivity index is 1.81. The van der Waals surface area contributed by atoms with Crippen LogP contribution in [-0.2, 0) is 16.2 Å². The normalized spacial score (nSPS) is 16.8. The Morgan fingerprint density at radius 1 is 1.21 bits per heavy atom. The topological polar surface area (TPSA) is 76.7 Å². The SMILES string of the molecule is O=C(O)CCCCCON=C(Cn1ccnc1)C1CCCCCC1. The van der Waals surface area contributed by atoms with Gasteiger partial charge in [0.15, 0.2) is 0 Å². The van der Waals surface area contributed by atoms with Crippen molar-refractivity contribution in [2.75, 3.05) is 6.61 Å². The number of imidazole rings is 1. The highest BCUT2D eigenvalue weighted by Gasteiger charge is 2.19. The lowest BCUT2D eigenvalue weighted by Gasteiger charge is -2.17. The van der Waals surface area contributed by atoms with Crippen molar-refractivity contribution in [2.24, 2.45) is 11.1 Å². The second-order valence-electron chi connectivity index (χ2n) is 6.54. The summed E-state index contributed by atoms with van der Waals surface area (Å²) < 4.78 is 2.04. The van der Waals surface area contributed by atoms with Crippen LogP contribution in [-0.4, -0.2) is 32.9 Å². The summed E-state index contributed by atoms with van der Waals surface area (Å²) in [4.78, 5) is 20.1. The molecule has 0 radical (unpaired) electrons. The molecule has 0 aromatic carbocycles. The number of carbonyl (C=O) groups is 1. The van der Waals surface area contributed by atoms with E-state index >= 15 is 0 Å². The van der Waals surface area contributed by atoms with Gasteiger partial charge in [0, 0.05) is 24.7 Å². The summed E-state index contributed by atoms with van der Waals surface area (Å²) in [7, 11) is 0. The molecule has 6 heteroatoms. The molecule has 1 aliphatic carbocycles. The van der Waals surface area contributed by atoms with E-state index in [1.54, 1.807) is 6.20 Å². The third-order valence-corrected chi connectivity index (χ3v) is 4.54. The fourth-order valence-electron chi connectivity index (χ4n) is 3.16. The molecule has 0 spiro atoms. The zero-order valence-corrected chi connectivity index (χ0v) is 14.4. The molecule has 0 amide bonds. The van der Waals surface area contributed by atoms with E-state index in [4.69, 9.17) is 9.94 Å². The van der Waals surface area contributed by atoms with Crippen LogP contribution >= 0.6 is 0 Å². The molecule has 0 saturated heterocycles. The summed E-state index contributed by atoms with van der Waals surface area (Å²) in [6.45, 7) is 1.30. The van der Waals surface area contributed by atoms with Crippen molar-refractivity contribution in [3.8, 4) is 0 Å². The average molecular weight is 335 g/mol. The van der Waals surface area contributed by atoms with E-state index in [1.807, 2.05) is 17.1 Å². The Kier molecular flexibility index (Phi) is 8.35. The molecule has 1 fully saturated rings. The molecule has 1 heterocycles. The molecular weight excluding hydrogens is 306 g/mol. The maximum atomic E-state index is 10.5. The standard InChI is InChI=1S/C18H29N3O3/c22-18(23)10-6-3-7-13-24-20-17(14-21-12-11-19-15-21)16-8-4-1-2-5-9-16/h11-12,15-16H,1-10,13-14H2,(H,22,23). The minimum Gasteiger partial charge on any atom is -0.481 e. The van der Waals surface area contributed by atoms with Gasteiger partial charge in [-0.05, 0) is 32.1 Å². The fourth-order valence-corrected chi connectivity index (χ4v) is 3.16. The molecule has 0 atom stereocenters. The van der Waals surface area contributed by atoms with Gasteiger partial charge in [0.1, 0.15) is 6.61 Å². The van der Waals surface area contributed by atoms with Gasteiger partial charge in [-0.25, -0.2) is 4.98 Å². The van der Waals surface area contributed by atoms with Crippen molar-refractivity contribution in [2.45, 2.75) is 70.8 Å². The number of hydrogen-bond donors (Lipinski definition) is 1. The van der Waals surface area contributed by atoms with Crippen LogP contribution < -0.4 is 0 Å². The molecule has 0 aliphatic heterocycles. The predicted octanol–water partition coefficient (Wildman–Crippen LogP) is 3.87. The van der Waals surface area contributed by atoms with Gasteiger partial charge in [-0.15, -0.1) is 0 Å². The number of rotatable bonds is 10. The van der Waals surface area contributed by atoms with E-state index in [-0.39, 0.29) is 6.42 Å². The Bertz CT molecular complexity index is 492. The monoisotopic (exact) mass is 335 g/mol. The lowest BCUT2D eigenvalue weighted by molar-refractivity contribution is -0.137. The summed E-state index contributed by atoms with van der Waals surface area (Å²) in [6.07, 6.45) is 15.8. The van der Waals surface area contributed by atoms with Gasteiger partial charge in [0.25, 0.3) is 0 Å². The van der Waals surface area contributed by atoms with E-state index in [2.05, 4.69) is 10.1 Å². The second kappa shape index (κ2) is 10.8. The molecule has 2 rings (SSSR count). The number of unbranched alkanes of at least 4 members (excludes halogenated alkanes) is 2. The van der Waals surface area contributed by atoms with Crippen LogP contribution in [0.5, 0.6) is 0 Å². The van der Waals surface area contributed by atoms with Crippen molar-refractivity contribution < 1.29 is 14.7 Å². The number of nitrogens with zero attached hydrogens (tertiary/aromatic N) is 3. The molecule has 6 nitrogen and oxygen atoms in total. The first-order chi connectivity index (χ1) is 11.8. The molecule has 24 heavy (non-hydrogen) atoms. The number of carboxylic acid groups (broad SMARTS) is 1. The first kappa shape index (κ1) is 18.5. The summed E-state index contributed by atoms with van der Waals surface area (Å²) in [5, 5.41) is 13.1. The number of aliphatic carboxylic acids is 1. The number of carboxylic acids is 1. The van der Waals surface area contributed by atoms with Gasteiger partial charge in [-0.1, -0.05) is 30.8 Å². The van der Waals surface area contributed by atoms with Crippen molar-refractivity contribution in [3.05, 3.63) is 18.7 Å². The third kappa shape index (κ3) is 7.15. The predicted molar refractivity (Wildman–Crippen MR) is 92.9 cm³/mol. The van der Waals surface area contributed by atoms with E-state index < -0.39 is 5.97 Å². The molecule has 1 aromatic rings. The van der Waals surface area contributed by atoms with Crippen LogP contribution in [0.2, 0.25) is 0 Å². The molecule has 134 valence electrons. The van der Waals surface area contributed by atoms with E-state index in [1.165, 1.54) is 38.5 Å². The molecule has 0 unspecified atom stereocenters. The van der Waals surface area contributed by atoms with Gasteiger partial charge >= 0.3 is 5.97 Å². The number of aromatic nitrogens is 2. The molecule has 0 bridgehead atoms. The van der Waals surface area contributed by atoms with Crippen LogP contribution in [0.1, 0.15) is 64.2 Å². The van der Waals surface area contributed by atoms with Gasteiger partial charge in [-0.3, -0.25) is 4.79 Å². The second-order valence-corrected chi connectivity index (χ2v) is 6.54. The van der Waals surface area contributed by atoms with Crippen LogP contribution in [0.3, 0.4) is 0 Å². The smallest absolute Gasteiger partial charge is 0.303 e. The lowest BCUT2D eigenvalue weighted by Crippen LogP contribution is -2.20. The Hall–Kier alpha value is -1.85. The minimum atomic E-state index is -0.732. The molecule has 1 N–H and O–H groups in total. The first-order valence-electron chi connectivity index (χ1n) is 9.12. The van der Waals surface area contributed by atoms with Crippen LogP contribution in [0.4, 0.5) is 0 Å². The first-order valence-corrected chi connectivity index (χ1v) is 9.12. The highest BCUT2D eigenvalue weighted by Crippen LogP contribution is 2.25. The van der Waals surface area contributed by atoms with Gasteiger partial charge < -0.3 is 14.5 Å². The quantitative estimate of drug-likeness (QED) is 0.305. The van der Waals surface area contributed by atoms with E-state index in [0.29, 0.717) is 18.9 Å². The van der Waals surface area contributed by atoms with E-state index in [9.17, 15) is 4.79 Å². The zero-order valence-electron chi connectivity index (χ0n) is 14.4. The Morgan fingerprint density at radius 3 is 2.67 bits per heavy atom. The maximum Gasteiger partial charge on any atom is 0.303 e. The molecule has 1 aromatic heterocycles. The summed E-state index contributed by atoms with van der Waals surface area (Å²) in [5.74, 6) is -0.230. The van der Waals surface area contributed by atoms with Crippen molar-refractivity contribution in [3.63, 3.8) is 0 Å². The fraction of sp³-hybridized carbons (Fsp3) is 0.722. The van der Waals surface area contributed by atoms with Gasteiger partial charge in [0.2, 0.25) is 0 Å². The summed E-state index contributed by atoms with van der Waals surface area (Å²) in [6, 6.07) is 0. The number of oxime groups is 1. The van der Waals surface area contributed by atoms with Gasteiger partial charge in [0.05, 0.1) is 18.6 Å². The van der Waals surface area contributed by atoms with Crippen LogP contribution in [0, 0.1) is 5.92 Å². The van der Waals surface area contributed by atoms with Gasteiger partial charge in [-0.2, -0.15) is 0 Å². The zero-order chi connectivity index (χ0) is 17.0. The van der Waals surface area contributed by atoms with Crippen LogP contribution in [0.15, 0.2) is 23.9 Å². The third-order valence-electron chi connectivity index (χ3n) is 4.54. The largest absolute Gasteiger partial charge is 0.481 e.